The van der Waals surface area contributed by atoms with E-state index in [9.17, 15) is 20.0 Å². The van der Waals surface area contributed by atoms with Crippen LogP contribution in [0, 0.1) is 40.9 Å². The molecular formula is C29H32FN9O. The number of aliphatic hydroxyl groups is 1. The second-order valence-corrected chi connectivity index (χ2v) is 11.6. The number of benzene rings is 1. The van der Waals surface area contributed by atoms with E-state index in [-0.39, 0.29) is 17.6 Å². The van der Waals surface area contributed by atoms with E-state index >= 15 is 0 Å². The lowest BCUT2D eigenvalue weighted by Crippen LogP contribution is -2.46. The van der Waals surface area contributed by atoms with Crippen LogP contribution in [0.4, 0.5) is 15.8 Å². The number of anilines is 2. The normalized spacial score (nSPS) is 16.5. The smallest absolute Gasteiger partial charge is 0.213 e. The molecule has 0 radical (unpaired) electrons. The van der Waals surface area contributed by atoms with Gasteiger partial charge >= 0.3 is 0 Å². The summed E-state index contributed by atoms with van der Waals surface area (Å²) in [7, 11) is 0. The monoisotopic (exact) mass is 541 g/mol. The molecule has 5 N–H and O–H groups in total. The van der Waals surface area contributed by atoms with Crippen LogP contribution in [0.15, 0.2) is 42.4 Å². The second kappa shape index (κ2) is 10.3. The molecule has 40 heavy (non-hydrogen) atoms. The fourth-order valence-electron chi connectivity index (χ4n) is 4.79. The molecule has 11 heteroatoms. The molecule has 3 heterocycles. The van der Waals surface area contributed by atoms with E-state index in [2.05, 4.69) is 64.5 Å². The molecule has 0 amide bonds. The van der Waals surface area contributed by atoms with Crippen LogP contribution in [0.1, 0.15) is 62.0 Å². The van der Waals surface area contributed by atoms with Crippen molar-refractivity contribution in [2.24, 2.45) is 5.41 Å². The van der Waals surface area contributed by atoms with Crippen molar-refractivity contribution in [3.05, 3.63) is 70.7 Å². The van der Waals surface area contributed by atoms with Crippen molar-refractivity contribution in [2.45, 2.75) is 52.1 Å². The number of fused-ring (bicyclic) bond motifs is 1. The average Bonchev–Trinajstić information content (AvgIpc) is 3.57. The highest BCUT2D eigenvalue weighted by atomic mass is 19.1. The molecule has 0 bridgehead atoms. The molecule has 1 fully saturated rings. The largest absolute Gasteiger partial charge is 0.394 e. The van der Waals surface area contributed by atoms with Gasteiger partial charge in [-0.05, 0) is 43.4 Å². The Bertz CT molecular complexity index is 1580. The van der Waals surface area contributed by atoms with Crippen LogP contribution in [0.25, 0.3) is 10.9 Å². The van der Waals surface area contributed by atoms with Crippen LogP contribution in [-0.4, -0.2) is 38.8 Å². The number of hydrogen-bond donors (Lipinski definition) is 5. The van der Waals surface area contributed by atoms with Crippen molar-refractivity contribution in [3.63, 3.8) is 0 Å². The van der Waals surface area contributed by atoms with E-state index in [0.717, 1.165) is 24.1 Å². The third kappa shape index (κ3) is 5.22. The molecule has 1 atom stereocenters. The van der Waals surface area contributed by atoms with E-state index in [1.54, 1.807) is 19.1 Å². The maximum Gasteiger partial charge on any atom is 0.213 e. The lowest BCUT2D eigenvalue weighted by atomic mass is 9.96. The molecule has 3 aromatic rings. The number of hydrogen-bond acceptors (Lipinski definition) is 10. The number of halogens is 1. The minimum atomic E-state index is -0.576. The summed E-state index contributed by atoms with van der Waals surface area (Å²) in [5.41, 5.74) is 10.3. The van der Waals surface area contributed by atoms with Crippen molar-refractivity contribution in [1.82, 2.24) is 25.9 Å². The average molecular weight is 542 g/mol. The summed E-state index contributed by atoms with van der Waals surface area (Å²) in [6.07, 6.45) is 5.08. The highest BCUT2D eigenvalue weighted by Crippen LogP contribution is 2.42. The summed E-state index contributed by atoms with van der Waals surface area (Å²) in [4.78, 5) is 8.46. The number of nitriles is 2. The van der Waals surface area contributed by atoms with Gasteiger partial charge in [0.1, 0.15) is 12.1 Å². The third-order valence-corrected chi connectivity index (χ3v) is 7.25. The van der Waals surface area contributed by atoms with Gasteiger partial charge in [-0.3, -0.25) is 9.99 Å². The minimum absolute atomic E-state index is 0.00938. The van der Waals surface area contributed by atoms with Crippen molar-refractivity contribution in [1.29, 1.82) is 10.5 Å². The van der Waals surface area contributed by atoms with Crippen molar-refractivity contribution < 1.29 is 9.50 Å². The SMILES string of the molecule is Cc1nc(F)ccc1[C@H](Nc1cc(C#N)c2ncc(C#N)c(NCC(C)(C)C)c2c1)C1=CN(C2(CO)CC2)NN1. The highest BCUT2D eigenvalue weighted by Gasteiger charge is 2.49. The Morgan fingerprint density at radius 3 is 2.58 bits per heavy atom. The molecule has 1 saturated carbocycles. The van der Waals surface area contributed by atoms with Gasteiger partial charge in [-0.15, -0.1) is 5.53 Å². The molecule has 5 rings (SSSR count). The van der Waals surface area contributed by atoms with Crippen molar-refractivity contribution in [3.8, 4) is 12.1 Å². The Morgan fingerprint density at radius 1 is 1.20 bits per heavy atom. The molecule has 206 valence electrons. The van der Waals surface area contributed by atoms with Crippen LogP contribution in [0.3, 0.4) is 0 Å². The highest BCUT2D eigenvalue weighted by molar-refractivity contribution is 5.99. The maximum absolute atomic E-state index is 13.9. The summed E-state index contributed by atoms with van der Waals surface area (Å²) in [5.74, 6) is -0.576. The van der Waals surface area contributed by atoms with Gasteiger partial charge in [0, 0.05) is 41.3 Å². The van der Waals surface area contributed by atoms with Gasteiger partial charge in [0.15, 0.2) is 0 Å². The second-order valence-electron chi connectivity index (χ2n) is 11.6. The molecule has 0 saturated heterocycles. The fourth-order valence-corrected chi connectivity index (χ4v) is 4.79. The standard InChI is InChI=1S/C29H32FN9O/c1-17-21(5-6-24(30)35-17)27(23-14-39(38-37-23)29(16-40)7-8-29)36-20-9-18(11-31)25-22(10-20)26(19(12-32)13-33-25)34-15-28(2,3)4/h5-6,9-10,13-14,27,36-38,40H,7-8,15-16H2,1-4H3,(H,33,34)/t27-/m0/s1. The number of nitrogens with zero attached hydrogens (tertiary/aromatic N) is 5. The van der Waals surface area contributed by atoms with E-state index < -0.39 is 12.0 Å². The van der Waals surface area contributed by atoms with Gasteiger partial charge in [0.2, 0.25) is 5.95 Å². The summed E-state index contributed by atoms with van der Waals surface area (Å²) in [5, 5.41) is 39.2. The molecule has 1 aliphatic heterocycles. The van der Waals surface area contributed by atoms with Gasteiger partial charge < -0.3 is 21.2 Å². The summed E-state index contributed by atoms with van der Waals surface area (Å²) >= 11 is 0. The number of pyridine rings is 2. The minimum Gasteiger partial charge on any atom is -0.394 e. The molecule has 0 spiro atoms. The Kier molecular flexibility index (Phi) is 6.96. The Labute approximate surface area is 232 Å². The van der Waals surface area contributed by atoms with E-state index in [4.69, 9.17) is 0 Å². The van der Waals surface area contributed by atoms with Gasteiger partial charge in [0.05, 0.1) is 46.2 Å². The first kappa shape index (κ1) is 27.1. The van der Waals surface area contributed by atoms with Crippen LogP contribution >= 0.6 is 0 Å². The maximum atomic E-state index is 13.9. The van der Waals surface area contributed by atoms with Gasteiger partial charge in [-0.25, -0.2) is 4.98 Å². The summed E-state index contributed by atoms with van der Waals surface area (Å²) < 4.78 is 13.9. The molecule has 2 aromatic heterocycles. The third-order valence-electron chi connectivity index (χ3n) is 7.25. The van der Waals surface area contributed by atoms with Crippen molar-refractivity contribution in [2.75, 3.05) is 23.8 Å². The van der Waals surface area contributed by atoms with E-state index in [1.165, 1.54) is 12.3 Å². The van der Waals surface area contributed by atoms with Crippen LogP contribution in [0.2, 0.25) is 0 Å². The predicted molar refractivity (Wildman–Crippen MR) is 150 cm³/mol. The zero-order valence-electron chi connectivity index (χ0n) is 22.9. The van der Waals surface area contributed by atoms with Crippen molar-refractivity contribution >= 4 is 22.3 Å². The molecular weight excluding hydrogens is 509 g/mol. The molecule has 2 aliphatic rings. The number of aliphatic hydroxyl groups excluding tert-OH is 1. The van der Waals surface area contributed by atoms with Gasteiger partial charge in [-0.2, -0.15) is 14.9 Å². The van der Waals surface area contributed by atoms with Crippen LogP contribution in [-0.2, 0) is 0 Å². The summed E-state index contributed by atoms with van der Waals surface area (Å²) in [6.45, 7) is 8.63. The van der Waals surface area contributed by atoms with Crippen LogP contribution < -0.4 is 21.6 Å². The molecule has 10 nitrogen and oxygen atoms in total. The first-order chi connectivity index (χ1) is 19.1. The number of aromatic nitrogens is 2. The first-order valence-corrected chi connectivity index (χ1v) is 13.1. The zero-order valence-corrected chi connectivity index (χ0v) is 22.9. The van der Waals surface area contributed by atoms with Gasteiger partial charge in [0.25, 0.3) is 0 Å². The fraction of sp³-hybridized carbons (Fsp3) is 0.379. The number of nitrogens with one attached hydrogen (secondary N) is 4. The van der Waals surface area contributed by atoms with E-state index in [1.807, 2.05) is 17.3 Å². The lowest BCUT2D eigenvalue weighted by Gasteiger charge is -2.24. The predicted octanol–water partition coefficient (Wildman–Crippen LogP) is 4.12. The Morgan fingerprint density at radius 2 is 1.95 bits per heavy atom. The number of aryl methyl sites for hydroxylation is 1. The first-order valence-electron chi connectivity index (χ1n) is 13.1. The van der Waals surface area contributed by atoms with E-state index in [0.29, 0.717) is 45.6 Å². The Balaban J connectivity index is 1.61. The quantitative estimate of drug-likeness (QED) is 0.264. The van der Waals surface area contributed by atoms with Gasteiger partial charge in [-0.1, -0.05) is 26.8 Å². The Hall–Kier alpha value is -4.45. The van der Waals surface area contributed by atoms with Crippen LogP contribution in [0.5, 0.6) is 0 Å². The molecule has 1 aromatic carbocycles. The molecule has 0 unspecified atom stereocenters. The molecule has 1 aliphatic carbocycles. The number of rotatable bonds is 8. The number of hydrazine groups is 2. The topological polar surface area (TPSA) is 145 Å². The zero-order chi connectivity index (χ0) is 28.7. The summed E-state index contributed by atoms with van der Waals surface area (Å²) in [6, 6.07) is 10.5. The lowest BCUT2D eigenvalue weighted by molar-refractivity contribution is 0.106.